The van der Waals surface area contributed by atoms with E-state index in [1.54, 1.807) is 0 Å². The zero-order valence-corrected chi connectivity index (χ0v) is 32.4. The maximum atomic E-state index is 6.60. The molecule has 0 fully saturated rings. The minimum Gasteiger partial charge on any atom is -0.456 e. The van der Waals surface area contributed by atoms with Gasteiger partial charge in [0.2, 0.25) is 0 Å². The molecule has 0 saturated heterocycles. The standard InChI is InChI=1S/C57H38O/c1-57(2)49-28-12-10-18-40(49)48-34-36(30-32-50(48)57)37-31-33-52-56(47-23-11-13-29-51(47)58-52)55(37)42-27-15-24-38-39(42)25-14-26-41(38)54-45-21-8-6-19-43(45)53(35-16-4-3-5-17-35)44-20-7-9-22-46(44)54/h3-34H,1-2H3. The fourth-order valence-electron chi connectivity index (χ4n) is 10.3. The SMILES string of the molecule is CC1(C)c2ccccc2-c2cc(-c3ccc4oc5ccccc5c4c3-c3cccc4c(-c5c6ccccc6c(-c6ccccc6)c6ccccc56)cccc34)ccc21. The van der Waals surface area contributed by atoms with Crippen LogP contribution in [0.25, 0.3) is 110 Å². The molecule has 0 radical (unpaired) electrons. The number of furan rings is 1. The average molecular weight is 739 g/mol. The van der Waals surface area contributed by atoms with Crippen molar-refractivity contribution in [2.75, 3.05) is 0 Å². The first-order valence-electron chi connectivity index (χ1n) is 20.3. The van der Waals surface area contributed by atoms with E-state index in [1.807, 2.05) is 0 Å². The first kappa shape index (κ1) is 33.0. The van der Waals surface area contributed by atoms with Gasteiger partial charge in [-0.2, -0.15) is 0 Å². The lowest BCUT2D eigenvalue weighted by atomic mass is 9.81. The van der Waals surface area contributed by atoms with Crippen molar-refractivity contribution in [1.82, 2.24) is 0 Å². The van der Waals surface area contributed by atoms with Crippen LogP contribution >= 0.6 is 0 Å². The highest BCUT2D eigenvalue weighted by atomic mass is 16.3. The molecule has 1 aliphatic carbocycles. The van der Waals surface area contributed by atoms with E-state index in [2.05, 4.69) is 208 Å². The maximum Gasteiger partial charge on any atom is 0.136 e. The van der Waals surface area contributed by atoms with Crippen LogP contribution in [0.5, 0.6) is 0 Å². The molecular formula is C57H38O. The molecule has 11 aromatic rings. The number of benzene rings is 10. The molecule has 0 unspecified atom stereocenters. The summed E-state index contributed by atoms with van der Waals surface area (Å²) in [6, 6.07) is 71.4. The van der Waals surface area contributed by atoms with Crippen molar-refractivity contribution in [1.29, 1.82) is 0 Å². The van der Waals surface area contributed by atoms with Crippen molar-refractivity contribution in [2.24, 2.45) is 0 Å². The van der Waals surface area contributed by atoms with Gasteiger partial charge in [-0.15, -0.1) is 0 Å². The molecule has 12 rings (SSSR count). The fourth-order valence-corrected chi connectivity index (χ4v) is 10.3. The van der Waals surface area contributed by atoms with Crippen LogP contribution in [0.3, 0.4) is 0 Å². The summed E-state index contributed by atoms with van der Waals surface area (Å²) in [4.78, 5) is 0. The van der Waals surface area contributed by atoms with E-state index in [-0.39, 0.29) is 5.41 Å². The Bertz CT molecular complexity index is 3410. The Morgan fingerprint density at radius 2 is 0.845 bits per heavy atom. The summed E-state index contributed by atoms with van der Waals surface area (Å²) < 4.78 is 6.60. The van der Waals surface area contributed by atoms with E-state index in [0.717, 1.165) is 21.9 Å². The Morgan fingerprint density at radius 3 is 1.55 bits per heavy atom. The van der Waals surface area contributed by atoms with E-state index in [1.165, 1.54) is 99.1 Å². The summed E-state index contributed by atoms with van der Waals surface area (Å²) in [7, 11) is 0. The van der Waals surface area contributed by atoms with E-state index in [9.17, 15) is 0 Å². The molecule has 1 heteroatoms. The van der Waals surface area contributed by atoms with Crippen molar-refractivity contribution in [3.8, 4) is 55.6 Å². The zero-order chi connectivity index (χ0) is 38.5. The van der Waals surface area contributed by atoms with Gasteiger partial charge in [-0.1, -0.05) is 190 Å². The molecule has 0 bridgehead atoms. The molecule has 58 heavy (non-hydrogen) atoms. The van der Waals surface area contributed by atoms with Gasteiger partial charge < -0.3 is 4.42 Å². The van der Waals surface area contributed by atoms with Crippen molar-refractivity contribution in [3.05, 3.63) is 205 Å². The van der Waals surface area contributed by atoms with Crippen molar-refractivity contribution in [2.45, 2.75) is 19.3 Å². The Balaban J connectivity index is 1.16. The van der Waals surface area contributed by atoms with E-state index >= 15 is 0 Å². The molecule has 0 N–H and O–H groups in total. The first-order valence-corrected chi connectivity index (χ1v) is 20.3. The van der Waals surface area contributed by atoms with Crippen LogP contribution < -0.4 is 0 Å². The summed E-state index contributed by atoms with van der Waals surface area (Å²) in [5, 5.41) is 9.74. The minimum atomic E-state index is -0.0579. The molecule has 1 nitrogen and oxygen atoms in total. The van der Waals surface area contributed by atoms with E-state index in [4.69, 9.17) is 4.42 Å². The Hall–Kier alpha value is -7.22. The largest absolute Gasteiger partial charge is 0.456 e. The number of fused-ring (bicyclic) bond motifs is 9. The summed E-state index contributed by atoms with van der Waals surface area (Å²) in [6.45, 7) is 4.70. The normalized spacial score (nSPS) is 13.1. The maximum absolute atomic E-state index is 6.60. The summed E-state index contributed by atoms with van der Waals surface area (Å²) >= 11 is 0. The molecule has 1 aromatic heterocycles. The fraction of sp³-hybridized carbons (Fsp3) is 0.0526. The second kappa shape index (κ2) is 12.4. The third-order valence-electron chi connectivity index (χ3n) is 12.9. The Kier molecular flexibility index (Phi) is 7.04. The highest BCUT2D eigenvalue weighted by molar-refractivity contribution is 6.25. The molecule has 0 atom stereocenters. The lowest BCUT2D eigenvalue weighted by Crippen LogP contribution is -2.14. The highest BCUT2D eigenvalue weighted by Crippen LogP contribution is 2.52. The molecule has 0 amide bonds. The third-order valence-corrected chi connectivity index (χ3v) is 12.9. The summed E-state index contributed by atoms with van der Waals surface area (Å²) in [6.07, 6.45) is 0. The number of hydrogen-bond donors (Lipinski definition) is 0. The Labute approximate surface area is 337 Å². The summed E-state index contributed by atoms with van der Waals surface area (Å²) in [5.74, 6) is 0. The van der Waals surface area contributed by atoms with Gasteiger partial charge in [-0.25, -0.2) is 0 Å². The molecular weight excluding hydrogens is 701 g/mol. The molecule has 0 aliphatic heterocycles. The second-order valence-corrected chi connectivity index (χ2v) is 16.3. The molecule has 1 heterocycles. The predicted molar refractivity (Wildman–Crippen MR) is 246 cm³/mol. The molecule has 272 valence electrons. The van der Waals surface area contributed by atoms with Gasteiger partial charge in [0.05, 0.1) is 0 Å². The van der Waals surface area contributed by atoms with Gasteiger partial charge in [0.1, 0.15) is 11.2 Å². The molecule has 0 spiro atoms. The van der Waals surface area contributed by atoms with E-state index < -0.39 is 0 Å². The van der Waals surface area contributed by atoms with Crippen molar-refractivity contribution >= 4 is 54.3 Å². The number of hydrogen-bond acceptors (Lipinski definition) is 1. The highest BCUT2D eigenvalue weighted by Gasteiger charge is 2.35. The van der Waals surface area contributed by atoms with Gasteiger partial charge in [0.15, 0.2) is 0 Å². The van der Waals surface area contributed by atoms with Crippen LogP contribution in [-0.2, 0) is 5.41 Å². The van der Waals surface area contributed by atoms with Gasteiger partial charge >= 0.3 is 0 Å². The Morgan fingerprint density at radius 1 is 0.310 bits per heavy atom. The molecule has 10 aromatic carbocycles. The lowest BCUT2D eigenvalue weighted by Gasteiger charge is -2.22. The number of rotatable bonds is 4. The summed E-state index contributed by atoms with van der Waals surface area (Å²) in [5.41, 5.74) is 16.9. The van der Waals surface area contributed by atoms with Gasteiger partial charge in [0.25, 0.3) is 0 Å². The predicted octanol–water partition coefficient (Wildman–Crippen LogP) is 16.0. The minimum absolute atomic E-state index is 0.0579. The van der Waals surface area contributed by atoms with Gasteiger partial charge in [0, 0.05) is 21.8 Å². The molecule has 1 aliphatic rings. The van der Waals surface area contributed by atoms with Crippen LogP contribution in [0.1, 0.15) is 25.0 Å². The van der Waals surface area contributed by atoms with Gasteiger partial charge in [-0.3, -0.25) is 0 Å². The molecule has 0 saturated carbocycles. The van der Waals surface area contributed by atoms with Crippen LogP contribution in [0.15, 0.2) is 199 Å². The van der Waals surface area contributed by atoms with Crippen LogP contribution in [0.4, 0.5) is 0 Å². The monoisotopic (exact) mass is 738 g/mol. The average Bonchev–Trinajstić information content (AvgIpc) is 3.77. The van der Waals surface area contributed by atoms with Crippen LogP contribution in [0, 0.1) is 0 Å². The third kappa shape index (κ3) is 4.65. The topological polar surface area (TPSA) is 13.1 Å². The smallest absolute Gasteiger partial charge is 0.136 e. The quantitative estimate of drug-likeness (QED) is 0.164. The number of para-hydroxylation sites is 1. The lowest BCUT2D eigenvalue weighted by molar-refractivity contribution is 0.660. The van der Waals surface area contributed by atoms with E-state index in [0.29, 0.717) is 0 Å². The van der Waals surface area contributed by atoms with Crippen molar-refractivity contribution in [3.63, 3.8) is 0 Å². The first-order chi connectivity index (χ1) is 28.6. The zero-order valence-electron chi connectivity index (χ0n) is 32.4. The van der Waals surface area contributed by atoms with Crippen molar-refractivity contribution < 1.29 is 4.42 Å². The van der Waals surface area contributed by atoms with Gasteiger partial charge in [-0.05, 0) is 112 Å². The van der Waals surface area contributed by atoms with Crippen LogP contribution in [-0.4, -0.2) is 0 Å². The second-order valence-electron chi connectivity index (χ2n) is 16.3. The van der Waals surface area contributed by atoms with Crippen LogP contribution in [0.2, 0.25) is 0 Å².